The Labute approximate surface area is 147 Å². The van der Waals surface area contributed by atoms with Gasteiger partial charge in [-0.2, -0.15) is 0 Å². The largest absolute Gasteiger partial charge is 0.497 e. The Morgan fingerprint density at radius 3 is 2.72 bits per heavy atom. The number of nitrogens with one attached hydrogen (secondary N) is 1. The van der Waals surface area contributed by atoms with Crippen molar-refractivity contribution < 1.29 is 9.53 Å². The lowest BCUT2D eigenvalue weighted by atomic mass is 10.0. The van der Waals surface area contributed by atoms with E-state index in [1.165, 1.54) is 0 Å². The molecule has 5 nitrogen and oxygen atoms in total. The number of methoxy groups -OCH3 is 1. The fourth-order valence-corrected chi connectivity index (χ4v) is 2.74. The third-order valence-corrected chi connectivity index (χ3v) is 4.04. The number of carbonyl (C=O) groups is 1. The molecule has 25 heavy (non-hydrogen) atoms. The lowest BCUT2D eigenvalue weighted by Crippen LogP contribution is -2.26. The number of hydrogen-bond acceptors (Lipinski definition) is 3. The first kappa shape index (κ1) is 16.8. The minimum atomic E-state index is -0.0890. The third-order valence-electron chi connectivity index (χ3n) is 4.04. The SMILES string of the molecule is COc1cccc([C@H](CC(=O)NCc2ccccn2)n2cccc2)c1. The topological polar surface area (TPSA) is 56.1 Å². The molecule has 0 saturated heterocycles. The van der Waals surface area contributed by atoms with Gasteiger partial charge in [0.2, 0.25) is 5.91 Å². The maximum atomic E-state index is 12.5. The highest BCUT2D eigenvalue weighted by molar-refractivity contribution is 5.76. The highest BCUT2D eigenvalue weighted by Gasteiger charge is 2.18. The number of pyridine rings is 1. The standard InChI is InChI=1S/C20H21N3O2/c1-25-18-9-6-7-16(13-18)19(23-11-4-5-12-23)14-20(24)22-15-17-8-2-3-10-21-17/h2-13,19H,14-15H2,1H3,(H,22,24)/t19-/m0/s1. The van der Waals surface area contributed by atoms with Crippen LogP contribution in [0.2, 0.25) is 0 Å². The van der Waals surface area contributed by atoms with Crippen LogP contribution in [0.25, 0.3) is 0 Å². The molecule has 3 aromatic rings. The first-order valence-corrected chi connectivity index (χ1v) is 8.19. The normalized spacial score (nSPS) is 11.7. The molecule has 1 amide bonds. The van der Waals surface area contributed by atoms with Crippen molar-refractivity contribution in [2.24, 2.45) is 0 Å². The predicted molar refractivity (Wildman–Crippen MR) is 96.3 cm³/mol. The second kappa shape index (κ2) is 8.15. The molecule has 0 bridgehead atoms. The molecule has 2 heterocycles. The summed E-state index contributed by atoms with van der Waals surface area (Å²) in [6.07, 6.45) is 6.00. The second-order valence-corrected chi connectivity index (χ2v) is 5.72. The van der Waals surface area contributed by atoms with E-state index < -0.39 is 0 Å². The number of nitrogens with zero attached hydrogens (tertiary/aromatic N) is 2. The molecule has 1 aromatic carbocycles. The molecule has 2 aromatic heterocycles. The Hall–Kier alpha value is -3.08. The Balaban J connectivity index is 1.73. The molecule has 0 aliphatic rings. The van der Waals surface area contributed by atoms with Gasteiger partial charge in [-0.05, 0) is 42.0 Å². The zero-order chi connectivity index (χ0) is 17.5. The Morgan fingerprint density at radius 2 is 2.00 bits per heavy atom. The summed E-state index contributed by atoms with van der Waals surface area (Å²) in [6.45, 7) is 0.427. The average molecular weight is 335 g/mol. The van der Waals surface area contributed by atoms with Crippen LogP contribution in [0.1, 0.15) is 23.7 Å². The molecule has 0 fully saturated rings. The van der Waals surface area contributed by atoms with Gasteiger partial charge in [0.05, 0.1) is 31.8 Å². The molecule has 5 heteroatoms. The summed E-state index contributed by atoms with van der Waals surface area (Å²) >= 11 is 0. The van der Waals surface area contributed by atoms with E-state index in [2.05, 4.69) is 10.3 Å². The monoisotopic (exact) mass is 335 g/mol. The van der Waals surface area contributed by atoms with Gasteiger partial charge in [-0.25, -0.2) is 0 Å². The van der Waals surface area contributed by atoms with Crippen molar-refractivity contribution in [2.45, 2.75) is 19.0 Å². The molecule has 0 spiro atoms. The highest BCUT2D eigenvalue weighted by Crippen LogP contribution is 2.25. The van der Waals surface area contributed by atoms with E-state index in [0.717, 1.165) is 17.0 Å². The summed E-state index contributed by atoms with van der Waals surface area (Å²) in [6, 6.07) is 17.3. The van der Waals surface area contributed by atoms with E-state index in [0.29, 0.717) is 13.0 Å². The Kier molecular flexibility index (Phi) is 5.46. The lowest BCUT2D eigenvalue weighted by molar-refractivity contribution is -0.121. The van der Waals surface area contributed by atoms with Crippen molar-refractivity contribution in [1.82, 2.24) is 14.9 Å². The fourth-order valence-electron chi connectivity index (χ4n) is 2.74. The van der Waals surface area contributed by atoms with Crippen molar-refractivity contribution in [3.63, 3.8) is 0 Å². The van der Waals surface area contributed by atoms with Crippen molar-refractivity contribution >= 4 is 5.91 Å². The van der Waals surface area contributed by atoms with Crippen LogP contribution in [0.15, 0.2) is 73.2 Å². The van der Waals surface area contributed by atoms with Gasteiger partial charge in [-0.15, -0.1) is 0 Å². The zero-order valence-electron chi connectivity index (χ0n) is 14.1. The summed E-state index contributed by atoms with van der Waals surface area (Å²) < 4.78 is 7.35. The van der Waals surface area contributed by atoms with Crippen molar-refractivity contribution in [2.75, 3.05) is 7.11 Å². The molecule has 0 aliphatic heterocycles. The summed E-state index contributed by atoms with van der Waals surface area (Å²) in [5.74, 6) is 0.760. The van der Waals surface area contributed by atoms with Crippen LogP contribution in [0.4, 0.5) is 0 Å². The number of hydrogen-bond donors (Lipinski definition) is 1. The molecule has 0 unspecified atom stereocenters. The molecule has 128 valence electrons. The summed E-state index contributed by atoms with van der Waals surface area (Å²) in [5, 5.41) is 2.94. The van der Waals surface area contributed by atoms with E-state index in [1.807, 2.05) is 71.6 Å². The van der Waals surface area contributed by atoms with Gasteiger partial charge in [0.1, 0.15) is 5.75 Å². The summed E-state index contributed by atoms with van der Waals surface area (Å²) in [5.41, 5.74) is 1.87. The third kappa shape index (κ3) is 4.47. The smallest absolute Gasteiger partial charge is 0.222 e. The minimum absolute atomic E-state index is 0.0211. The fraction of sp³-hybridized carbons (Fsp3) is 0.200. The number of benzene rings is 1. The molecular weight excluding hydrogens is 314 g/mol. The van der Waals surface area contributed by atoms with Crippen LogP contribution >= 0.6 is 0 Å². The van der Waals surface area contributed by atoms with E-state index in [4.69, 9.17) is 4.74 Å². The number of ether oxygens (including phenoxy) is 1. The molecule has 1 N–H and O–H groups in total. The van der Waals surface area contributed by atoms with Crippen molar-refractivity contribution in [3.8, 4) is 5.75 Å². The molecule has 3 rings (SSSR count). The van der Waals surface area contributed by atoms with Gasteiger partial charge in [-0.3, -0.25) is 9.78 Å². The molecule has 0 radical (unpaired) electrons. The van der Waals surface area contributed by atoms with Crippen LogP contribution in [0, 0.1) is 0 Å². The van der Waals surface area contributed by atoms with Crippen LogP contribution < -0.4 is 10.1 Å². The summed E-state index contributed by atoms with van der Waals surface area (Å²) in [4.78, 5) is 16.7. The number of aromatic nitrogens is 2. The van der Waals surface area contributed by atoms with Gasteiger partial charge in [0.15, 0.2) is 0 Å². The maximum absolute atomic E-state index is 12.5. The molecule has 0 aliphatic carbocycles. The molecule has 1 atom stereocenters. The van der Waals surface area contributed by atoms with Crippen molar-refractivity contribution in [1.29, 1.82) is 0 Å². The van der Waals surface area contributed by atoms with Crippen LogP contribution in [0.3, 0.4) is 0 Å². The first-order chi connectivity index (χ1) is 12.3. The van der Waals surface area contributed by atoms with Gasteiger partial charge in [0.25, 0.3) is 0 Å². The minimum Gasteiger partial charge on any atom is -0.497 e. The van der Waals surface area contributed by atoms with E-state index in [9.17, 15) is 4.79 Å². The van der Waals surface area contributed by atoms with E-state index in [-0.39, 0.29) is 11.9 Å². The summed E-state index contributed by atoms with van der Waals surface area (Å²) in [7, 11) is 1.64. The van der Waals surface area contributed by atoms with Crippen LogP contribution in [0.5, 0.6) is 5.75 Å². The van der Waals surface area contributed by atoms with Gasteiger partial charge < -0.3 is 14.6 Å². The average Bonchev–Trinajstić information content (AvgIpc) is 3.20. The second-order valence-electron chi connectivity index (χ2n) is 5.72. The molecule has 0 saturated carbocycles. The highest BCUT2D eigenvalue weighted by atomic mass is 16.5. The van der Waals surface area contributed by atoms with Gasteiger partial charge >= 0.3 is 0 Å². The number of rotatable bonds is 7. The Morgan fingerprint density at radius 1 is 1.16 bits per heavy atom. The Bertz CT molecular complexity index is 801. The zero-order valence-corrected chi connectivity index (χ0v) is 14.1. The lowest BCUT2D eigenvalue weighted by Gasteiger charge is -2.20. The van der Waals surface area contributed by atoms with Crippen molar-refractivity contribution in [3.05, 3.63) is 84.4 Å². The van der Waals surface area contributed by atoms with Crippen LogP contribution in [-0.4, -0.2) is 22.6 Å². The number of carbonyl (C=O) groups excluding carboxylic acids is 1. The first-order valence-electron chi connectivity index (χ1n) is 8.19. The quantitative estimate of drug-likeness (QED) is 0.721. The van der Waals surface area contributed by atoms with E-state index >= 15 is 0 Å². The molecular formula is C20H21N3O2. The van der Waals surface area contributed by atoms with Gasteiger partial charge in [0, 0.05) is 18.6 Å². The van der Waals surface area contributed by atoms with Gasteiger partial charge in [-0.1, -0.05) is 18.2 Å². The van der Waals surface area contributed by atoms with E-state index in [1.54, 1.807) is 13.3 Å². The number of amides is 1. The predicted octanol–water partition coefficient (Wildman–Crippen LogP) is 3.19. The van der Waals surface area contributed by atoms with Crippen LogP contribution in [-0.2, 0) is 11.3 Å². The maximum Gasteiger partial charge on any atom is 0.222 e.